The molecular weight excluding hydrogens is 188 g/mol. The molecule has 0 bridgehead atoms. The second kappa shape index (κ2) is 4.40. The van der Waals surface area contributed by atoms with Crippen LogP contribution in [0.4, 0.5) is 0 Å². The van der Waals surface area contributed by atoms with Crippen molar-refractivity contribution in [3.8, 4) is 0 Å². The number of rotatable bonds is 3. The van der Waals surface area contributed by atoms with Gasteiger partial charge < -0.3 is 15.4 Å². The summed E-state index contributed by atoms with van der Waals surface area (Å²) < 4.78 is 5.51. The Balaban J connectivity index is 1.90. The molecule has 0 aromatic rings. The van der Waals surface area contributed by atoms with E-state index in [1.54, 1.807) is 0 Å². The van der Waals surface area contributed by atoms with Crippen LogP contribution in [-0.2, 0) is 4.74 Å². The summed E-state index contributed by atoms with van der Waals surface area (Å²) in [5.74, 6) is 1.67. The fraction of sp³-hybridized carbons (Fsp3) is 1.00. The maximum atomic E-state index is 5.91. The molecular formula is C12H24N2O. The normalized spacial score (nSPS) is 42.6. The van der Waals surface area contributed by atoms with Gasteiger partial charge in [0.1, 0.15) is 0 Å². The standard InChI is InChI=1S/C12H24N2O/c1-10-5-14(6-11(10)2)8-12(7-13)3-4-15-9-12/h10-11H,3-9,13H2,1-2H3. The summed E-state index contributed by atoms with van der Waals surface area (Å²) in [7, 11) is 0. The fourth-order valence-electron chi connectivity index (χ4n) is 2.85. The first kappa shape index (κ1) is 11.4. The Kier molecular flexibility index (Phi) is 3.33. The van der Waals surface area contributed by atoms with Gasteiger partial charge in [0.2, 0.25) is 0 Å². The SMILES string of the molecule is CC1CN(CC2(CN)CCOC2)CC1C. The maximum absolute atomic E-state index is 5.91. The van der Waals surface area contributed by atoms with E-state index in [0.29, 0.717) is 0 Å². The minimum atomic E-state index is 0.254. The molecule has 0 saturated carbocycles. The molecule has 0 aromatic heterocycles. The lowest BCUT2D eigenvalue weighted by molar-refractivity contribution is 0.123. The lowest BCUT2D eigenvalue weighted by atomic mass is 9.87. The molecule has 3 unspecified atom stereocenters. The summed E-state index contributed by atoms with van der Waals surface area (Å²) in [6, 6.07) is 0. The third-order valence-electron chi connectivity index (χ3n) is 4.24. The van der Waals surface area contributed by atoms with Crippen molar-refractivity contribution >= 4 is 0 Å². The van der Waals surface area contributed by atoms with E-state index in [1.807, 2.05) is 0 Å². The summed E-state index contributed by atoms with van der Waals surface area (Å²) in [6.45, 7) is 10.9. The quantitative estimate of drug-likeness (QED) is 0.756. The molecule has 2 fully saturated rings. The molecule has 2 aliphatic heterocycles. The van der Waals surface area contributed by atoms with E-state index in [2.05, 4.69) is 18.7 Å². The van der Waals surface area contributed by atoms with E-state index in [1.165, 1.54) is 13.1 Å². The molecule has 15 heavy (non-hydrogen) atoms. The van der Waals surface area contributed by atoms with Crippen molar-refractivity contribution in [1.29, 1.82) is 0 Å². The molecule has 3 heteroatoms. The Bertz CT molecular complexity index is 204. The van der Waals surface area contributed by atoms with Crippen LogP contribution < -0.4 is 5.73 Å². The summed E-state index contributed by atoms with van der Waals surface area (Å²) in [5.41, 5.74) is 6.16. The van der Waals surface area contributed by atoms with E-state index in [9.17, 15) is 0 Å². The number of ether oxygens (including phenoxy) is 1. The van der Waals surface area contributed by atoms with Crippen LogP contribution in [0.2, 0.25) is 0 Å². The van der Waals surface area contributed by atoms with Crippen LogP contribution in [0.3, 0.4) is 0 Å². The second-order valence-corrected chi connectivity index (χ2v) is 5.66. The van der Waals surface area contributed by atoms with Gasteiger partial charge in [-0.1, -0.05) is 13.8 Å². The van der Waals surface area contributed by atoms with Crippen LogP contribution in [-0.4, -0.2) is 44.3 Å². The van der Waals surface area contributed by atoms with Crippen molar-refractivity contribution in [2.45, 2.75) is 20.3 Å². The van der Waals surface area contributed by atoms with Gasteiger partial charge in [-0.05, 0) is 18.3 Å². The molecule has 2 saturated heterocycles. The van der Waals surface area contributed by atoms with Crippen molar-refractivity contribution in [1.82, 2.24) is 4.90 Å². The molecule has 2 aliphatic rings. The van der Waals surface area contributed by atoms with Crippen molar-refractivity contribution in [2.75, 3.05) is 39.4 Å². The lowest BCUT2D eigenvalue weighted by Gasteiger charge is -2.30. The number of nitrogens with zero attached hydrogens (tertiary/aromatic N) is 1. The highest BCUT2D eigenvalue weighted by Crippen LogP contribution is 2.31. The first-order chi connectivity index (χ1) is 7.15. The predicted molar refractivity (Wildman–Crippen MR) is 61.7 cm³/mol. The highest BCUT2D eigenvalue weighted by Gasteiger charge is 2.38. The summed E-state index contributed by atoms with van der Waals surface area (Å²) >= 11 is 0. The van der Waals surface area contributed by atoms with E-state index < -0.39 is 0 Å². The molecule has 0 spiro atoms. The highest BCUT2D eigenvalue weighted by molar-refractivity contribution is 4.90. The maximum Gasteiger partial charge on any atom is 0.0547 e. The van der Waals surface area contributed by atoms with Crippen LogP contribution in [0.15, 0.2) is 0 Å². The molecule has 0 aromatic carbocycles. The minimum Gasteiger partial charge on any atom is -0.381 e. The van der Waals surface area contributed by atoms with E-state index in [-0.39, 0.29) is 5.41 Å². The first-order valence-corrected chi connectivity index (χ1v) is 6.15. The van der Waals surface area contributed by atoms with Crippen LogP contribution in [0, 0.1) is 17.3 Å². The predicted octanol–water partition coefficient (Wildman–Crippen LogP) is 0.940. The number of nitrogens with two attached hydrogens (primary N) is 1. The first-order valence-electron chi connectivity index (χ1n) is 6.15. The number of hydrogen-bond donors (Lipinski definition) is 1. The summed E-state index contributed by atoms with van der Waals surface area (Å²) in [4.78, 5) is 2.58. The fourth-order valence-corrected chi connectivity index (χ4v) is 2.85. The molecule has 2 heterocycles. The molecule has 0 radical (unpaired) electrons. The lowest BCUT2D eigenvalue weighted by Crippen LogP contribution is -2.42. The molecule has 3 atom stereocenters. The van der Waals surface area contributed by atoms with E-state index in [4.69, 9.17) is 10.5 Å². The van der Waals surface area contributed by atoms with Crippen LogP contribution in [0.1, 0.15) is 20.3 Å². The van der Waals surface area contributed by atoms with Gasteiger partial charge in [-0.15, -0.1) is 0 Å². The van der Waals surface area contributed by atoms with Crippen LogP contribution in [0.5, 0.6) is 0 Å². The highest BCUT2D eigenvalue weighted by atomic mass is 16.5. The molecule has 2 rings (SSSR count). The summed E-state index contributed by atoms with van der Waals surface area (Å²) in [5, 5.41) is 0. The zero-order valence-corrected chi connectivity index (χ0v) is 10.0. The van der Waals surface area contributed by atoms with Gasteiger partial charge in [0.15, 0.2) is 0 Å². The smallest absolute Gasteiger partial charge is 0.0547 e. The van der Waals surface area contributed by atoms with Crippen LogP contribution >= 0.6 is 0 Å². The zero-order chi connectivity index (χ0) is 10.9. The van der Waals surface area contributed by atoms with Crippen molar-refractivity contribution in [2.24, 2.45) is 23.0 Å². The summed E-state index contributed by atoms with van der Waals surface area (Å²) in [6.07, 6.45) is 1.14. The monoisotopic (exact) mass is 212 g/mol. The average molecular weight is 212 g/mol. The molecule has 3 nitrogen and oxygen atoms in total. The molecule has 2 N–H and O–H groups in total. The molecule has 0 amide bonds. The van der Waals surface area contributed by atoms with Crippen molar-refractivity contribution in [3.63, 3.8) is 0 Å². The Labute approximate surface area is 93.0 Å². The third-order valence-corrected chi connectivity index (χ3v) is 4.24. The number of likely N-dealkylation sites (tertiary alicyclic amines) is 1. The van der Waals surface area contributed by atoms with Crippen molar-refractivity contribution < 1.29 is 4.74 Å². The Hall–Kier alpha value is -0.120. The zero-order valence-electron chi connectivity index (χ0n) is 10.0. The largest absolute Gasteiger partial charge is 0.381 e. The van der Waals surface area contributed by atoms with Gasteiger partial charge in [-0.2, -0.15) is 0 Å². The van der Waals surface area contributed by atoms with Gasteiger partial charge in [-0.3, -0.25) is 0 Å². The second-order valence-electron chi connectivity index (χ2n) is 5.66. The topological polar surface area (TPSA) is 38.5 Å². The van der Waals surface area contributed by atoms with Gasteiger partial charge in [0.05, 0.1) is 6.61 Å². The average Bonchev–Trinajstić information content (AvgIpc) is 2.77. The van der Waals surface area contributed by atoms with Crippen LogP contribution in [0.25, 0.3) is 0 Å². The molecule has 88 valence electrons. The molecule has 0 aliphatic carbocycles. The van der Waals surface area contributed by atoms with E-state index >= 15 is 0 Å². The van der Waals surface area contributed by atoms with Crippen molar-refractivity contribution in [3.05, 3.63) is 0 Å². The minimum absolute atomic E-state index is 0.254. The Morgan fingerprint density at radius 1 is 1.33 bits per heavy atom. The van der Waals surface area contributed by atoms with Gasteiger partial charge >= 0.3 is 0 Å². The van der Waals surface area contributed by atoms with Gasteiger partial charge in [-0.25, -0.2) is 0 Å². The van der Waals surface area contributed by atoms with Gasteiger partial charge in [0.25, 0.3) is 0 Å². The number of hydrogen-bond acceptors (Lipinski definition) is 3. The van der Waals surface area contributed by atoms with Gasteiger partial charge in [0, 0.05) is 38.2 Å². The Morgan fingerprint density at radius 2 is 2.00 bits per heavy atom. The Morgan fingerprint density at radius 3 is 2.47 bits per heavy atom. The third kappa shape index (κ3) is 2.35. The van der Waals surface area contributed by atoms with E-state index in [0.717, 1.165) is 44.6 Å².